The molecule has 1 rings (SSSR count). The Morgan fingerprint density at radius 1 is 1.37 bits per heavy atom. The van der Waals surface area contributed by atoms with E-state index in [-0.39, 0.29) is 30.7 Å². The molecule has 1 atom stereocenters. The molecule has 1 aliphatic heterocycles. The molecule has 1 aliphatic rings. The third kappa shape index (κ3) is 3.90. The van der Waals surface area contributed by atoms with Gasteiger partial charge in [0.05, 0.1) is 24.9 Å². The van der Waals surface area contributed by atoms with Crippen molar-refractivity contribution in [2.45, 2.75) is 45.8 Å². The van der Waals surface area contributed by atoms with Crippen LogP contribution in [0, 0.1) is 5.92 Å². The van der Waals surface area contributed by atoms with E-state index < -0.39 is 21.7 Å². The number of hydrogen-bond donors (Lipinski definition) is 2. The molecular formula is C12H24N2O4S. The second-order valence-electron chi connectivity index (χ2n) is 5.61. The zero-order valence-corrected chi connectivity index (χ0v) is 12.8. The first kappa shape index (κ1) is 16.4. The maximum atomic E-state index is 12.0. The van der Waals surface area contributed by atoms with Crippen molar-refractivity contribution in [1.29, 1.82) is 0 Å². The minimum Gasteiger partial charge on any atom is -0.386 e. The SMILES string of the molecule is CCCS(=O)(=O)NC(C)C(=O)N1CC(O)(C(C)C)C1. The lowest BCUT2D eigenvalue weighted by atomic mass is 9.83. The number of likely N-dealkylation sites (tertiary alicyclic amines) is 1. The predicted octanol–water partition coefficient (Wildman–Crippen LogP) is -0.0664. The Labute approximate surface area is 115 Å². The summed E-state index contributed by atoms with van der Waals surface area (Å²) in [6, 6.07) is -0.784. The molecule has 0 bridgehead atoms. The summed E-state index contributed by atoms with van der Waals surface area (Å²) >= 11 is 0. The molecule has 0 spiro atoms. The van der Waals surface area contributed by atoms with Gasteiger partial charge in [0.2, 0.25) is 15.9 Å². The number of carbonyl (C=O) groups excluding carboxylic acids is 1. The summed E-state index contributed by atoms with van der Waals surface area (Å²) in [5, 5.41) is 10.1. The van der Waals surface area contributed by atoms with Crippen LogP contribution in [0.3, 0.4) is 0 Å². The number of hydrogen-bond acceptors (Lipinski definition) is 4. The van der Waals surface area contributed by atoms with Crippen LogP contribution in [0.5, 0.6) is 0 Å². The summed E-state index contributed by atoms with van der Waals surface area (Å²) in [7, 11) is -3.40. The van der Waals surface area contributed by atoms with Crippen LogP contribution in [-0.2, 0) is 14.8 Å². The van der Waals surface area contributed by atoms with Gasteiger partial charge in [-0.05, 0) is 19.3 Å². The van der Waals surface area contributed by atoms with Gasteiger partial charge in [-0.3, -0.25) is 4.79 Å². The third-order valence-corrected chi connectivity index (χ3v) is 5.17. The standard InChI is InChI=1S/C12H24N2O4S/c1-5-6-19(17,18)13-10(4)11(15)14-7-12(16,8-14)9(2)3/h9-10,13,16H,5-8H2,1-4H3. The molecule has 112 valence electrons. The molecule has 1 amide bonds. The first-order chi connectivity index (χ1) is 8.61. The number of carbonyl (C=O) groups is 1. The molecule has 1 heterocycles. The molecule has 0 saturated carbocycles. The fraction of sp³-hybridized carbons (Fsp3) is 0.917. The molecular weight excluding hydrogens is 268 g/mol. The molecule has 0 aromatic rings. The van der Waals surface area contributed by atoms with E-state index in [2.05, 4.69) is 4.72 Å². The topological polar surface area (TPSA) is 86.7 Å². The van der Waals surface area contributed by atoms with Crippen LogP contribution in [-0.4, -0.2) is 54.8 Å². The number of nitrogens with zero attached hydrogens (tertiary/aromatic N) is 1. The van der Waals surface area contributed by atoms with Gasteiger partial charge in [-0.1, -0.05) is 20.8 Å². The van der Waals surface area contributed by atoms with Crippen molar-refractivity contribution < 1.29 is 18.3 Å². The highest BCUT2D eigenvalue weighted by molar-refractivity contribution is 7.89. The number of nitrogens with one attached hydrogen (secondary N) is 1. The smallest absolute Gasteiger partial charge is 0.240 e. The van der Waals surface area contributed by atoms with Crippen LogP contribution in [0.1, 0.15) is 34.1 Å². The highest BCUT2D eigenvalue weighted by atomic mass is 32.2. The minimum atomic E-state index is -3.40. The monoisotopic (exact) mass is 292 g/mol. The zero-order chi connectivity index (χ0) is 14.8. The lowest BCUT2D eigenvalue weighted by Gasteiger charge is -2.49. The largest absolute Gasteiger partial charge is 0.386 e. The van der Waals surface area contributed by atoms with E-state index in [9.17, 15) is 18.3 Å². The molecule has 1 unspecified atom stereocenters. The Bertz CT molecular complexity index is 427. The summed E-state index contributed by atoms with van der Waals surface area (Å²) in [6.07, 6.45) is 0.507. The fourth-order valence-corrected chi connectivity index (χ4v) is 3.35. The van der Waals surface area contributed by atoms with E-state index in [1.165, 1.54) is 11.8 Å². The Morgan fingerprint density at radius 2 is 1.89 bits per heavy atom. The van der Waals surface area contributed by atoms with Crippen molar-refractivity contribution >= 4 is 15.9 Å². The van der Waals surface area contributed by atoms with E-state index >= 15 is 0 Å². The second-order valence-corrected chi connectivity index (χ2v) is 7.48. The van der Waals surface area contributed by atoms with Gasteiger partial charge in [0.1, 0.15) is 5.60 Å². The van der Waals surface area contributed by atoms with Crippen LogP contribution in [0.15, 0.2) is 0 Å². The maximum absolute atomic E-state index is 12.0. The van der Waals surface area contributed by atoms with Gasteiger partial charge in [0.25, 0.3) is 0 Å². The Kier molecular flexibility index (Phi) is 4.97. The molecule has 6 nitrogen and oxygen atoms in total. The van der Waals surface area contributed by atoms with Crippen LogP contribution >= 0.6 is 0 Å². The Morgan fingerprint density at radius 3 is 2.32 bits per heavy atom. The third-order valence-electron chi connectivity index (χ3n) is 3.52. The molecule has 1 fully saturated rings. The van der Waals surface area contributed by atoms with E-state index in [4.69, 9.17) is 0 Å². The van der Waals surface area contributed by atoms with Crippen molar-refractivity contribution in [2.75, 3.05) is 18.8 Å². The lowest BCUT2D eigenvalue weighted by Crippen LogP contribution is -2.68. The van der Waals surface area contributed by atoms with Gasteiger partial charge in [0, 0.05) is 0 Å². The van der Waals surface area contributed by atoms with E-state index in [0.29, 0.717) is 6.42 Å². The van der Waals surface area contributed by atoms with Gasteiger partial charge >= 0.3 is 0 Å². The average Bonchev–Trinajstić information content (AvgIpc) is 2.22. The summed E-state index contributed by atoms with van der Waals surface area (Å²) < 4.78 is 25.5. The van der Waals surface area contributed by atoms with Gasteiger partial charge in [-0.25, -0.2) is 13.1 Å². The zero-order valence-electron chi connectivity index (χ0n) is 12.0. The minimum absolute atomic E-state index is 0.0144. The summed E-state index contributed by atoms with van der Waals surface area (Å²) in [6.45, 7) is 7.63. The quantitative estimate of drug-likeness (QED) is 0.717. The summed E-state index contributed by atoms with van der Waals surface area (Å²) in [4.78, 5) is 13.5. The molecule has 19 heavy (non-hydrogen) atoms. The normalized spacial score (nSPS) is 20.2. The van der Waals surface area contributed by atoms with Gasteiger partial charge in [0.15, 0.2) is 0 Å². The van der Waals surface area contributed by atoms with Crippen LogP contribution in [0.4, 0.5) is 0 Å². The van der Waals surface area contributed by atoms with E-state index in [1.54, 1.807) is 6.92 Å². The van der Waals surface area contributed by atoms with Crippen LogP contribution in [0.25, 0.3) is 0 Å². The predicted molar refractivity (Wildman–Crippen MR) is 73.0 cm³/mol. The van der Waals surface area contributed by atoms with Gasteiger partial charge < -0.3 is 10.0 Å². The summed E-state index contributed by atoms with van der Waals surface area (Å²) in [5.41, 5.74) is -0.836. The van der Waals surface area contributed by atoms with Crippen molar-refractivity contribution in [3.8, 4) is 0 Å². The highest BCUT2D eigenvalue weighted by Crippen LogP contribution is 2.28. The van der Waals surface area contributed by atoms with Crippen LogP contribution in [0.2, 0.25) is 0 Å². The number of β-amino-alcohol motifs (C(OH)–C–C–N with tert-alkyl or cyclic N) is 1. The molecule has 0 radical (unpaired) electrons. The number of aliphatic hydroxyl groups is 1. The van der Waals surface area contributed by atoms with Crippen molar-refractivity contribution in [3.05, 3.63) is 0 Å². The molecule has 1 saturated heterocycles. The molecule has 0 aliphatic carbocycles. The van der Waals surface area contributed by atoms with Crippen molar-refractivity contribution in [1.82, 2.24) is 9.62 Å². The maximum Gasteiger partial charge on any atom is 0.240 e. The van der Waals surface area contributed by atoms with Crippen LogP contribution < -0.4 is 4.72 Å². The molecule has 0 aromatic carbocycles. The first-order valence-electron chi connectivity index (χ1n) is 6.62. The highest BCUT2D eigenvalue weighted by Gasteiger charge is 2.46. The molecule has 7 heteroatoms. The first-order valence-corrected chi connectivity index (χ1v) is 8.27. The Hall–Kier alpha value is -0.660. The number of amides is 1. The van der Waals surface area contributed by atoms with Crippen molar-refractivity contribution in [3.63, 3.8) is 0 Å². The van der Waals surface area contributed by atoms with Crippen molar-refractivity contribution in [2.24, 2.45) is 5.92 Å². The number of rotatable bonds is 6. The molecule has 0 aromatic heterocycles. The van der Waals surface area contributed by atoms with E-state index in [1.807, 2.05) is 13.8 Å². The fourth-order valence-electron chi connectivity index (χ4n) is 2.06. The second kappa shape index (κ2) is 5.76. The van der Waals surface area contributed by atoms with Gasteiger partial charge in [-0.2, -0.15) is 0 Å². The molecule has 2 N–H and O–H groups in total. The lowest BCUT2D eigenvalue weighted by molar-refractivity contribution is -0.164. The van der Waals surface area contributed by atoms with E-state index in [0.717, 1.165) is 0 Å². The average molecular weight is 292 g/mol. The summed E-state index contributed by atoms with van der Waals surface area (Å²) in [5.74, 6) is -0.200. The number of sulfonamides is 1. The van der Waals surface area contributed by atoms with Gasteiger partial charge in [-0.15, -0.1) is 0 Å². The Balaban J connectivity index is 2.52.